The number of carbonyl (C=O) groups is 1. The molecule has 2 heterocycles. The number of hydrogen-bond acceptors (Lipinski definition) is 4. The van der Waals surface area contributed by atoms with Crippen LogP contribution in [0.15, 0.2) is 23.4 Å². The third-order valence-electron chi connectivity index (χ3n) is 2.77. The van der Waals surface area contributed by atoms with Gasteiger partial charge in [0.2, 0.25) is 5.03 Å². The molecule has 2 rings (SSSR count). The Morgan fingerprint density at radius 2 is 2.28 bits per heavy atom. The van der Waals surface area contributed by atoms with Gasteiger partial charge in [0.05, 0.1) is 0 Å². The number of pyridine rings is 1. The highest BCUT2D eigenvalue weighted by atomic mass is 32.2. The van der Waals surface area contributed by atoms with Gasteiger partial charge in [-0.3, -0.25) is 4.79 Å². The minimum absolute atomic E-state index is 0.0648. The van der Waals surface area contributed by atoms with Crippen LogP contribution in [0.3, 0.4) is 0 Å². The van der Waals surface area contributed by atoms with E-state index in [1.807, 2.05) is 0 Å². The summed E-state index contributed by atoms with van der Waals surface area (Å²) in [6, 6.07) is 1.11. The molecule has 0 aliphatic carbocycles. The second-order valence-corrected chi connectivity index (χ2v) is 5.71. The van der Waals surface area contributed by atoms with Crippen molar-refractivity contribution < 1.29 is 22.7 Å². The highest BCUT2D eigenvalue weighted by Crippen LogP contribution is 2.26. The van der Waals surface area contributed by atoms with Gasteiger partial charge in [-0.05, 0) is 25.0 Å². The summed E-state index contributed by atoms with van der Waals surface area (Å²) in [4.78, 5) is 14.4. The summed E-state index contributed by atoms with van der Waals surface area (Å²) >= 11 is 0. The van der Waals surface area contributed by atoms with Gasteiger partial charge in [0.25, 0.3) is 10.0 Å². The van der Waals surface area contributed by atoms with Gasteiger partial charge in [-0.25, -0.2) is 17.8 Å². The summed E-state index contributed by atoms with van der Waals surface area (Å²) in [7, 11) is -4.20. The molecular weight excluding hydrogens is 263 g/mol. The molecular formula is C10H11FN2O4S. The molecule has 0 amide bonds. The van der Waals surface area contributed by atoms with Gasteiger partial charge >= 0.3 is 5.97 Å². The van der Waals surface area contributed by atoms with E-state index >= 15 is 0 Å². The second-order valence-electron chi connectivity index (χ2n) is 3.90. The Morgan fingerprint density at radius 3 is 2.89 bits per heavy atom. The van der Waals surface area contributed by atoms with Gasteiger partial charge < -0.3 is 5.11 Å². The Kier molecular flexibility index (Phi) is 3.31. The zero-order chi connectivity index (χ0) is 13.3. The zero-order valence-electron chi connectivity index (χ0n) is 9.28. The third-order valence-corrected chi connectivity index (χ3v) is 4.61. The molecule has 1 aliphatic heterocycles. The lowest BCUT2D eigenvalue weighted by Gasteiger charge is -2.20. The lowest BCUT2D eigenvalue weighted by atomic mass is 10.2. The van der Waals surface area contributed by atoms with Crippen molar-refractivity contribution >= 4 is 16.0 Å². The minimum atomic E-state index is -4.20. The minimum Gasteiger partial charge on any atom is -0.480 e. The maximum atomic E-state index is 13.5. The molecule has 1 fully saturated rings. The van der Waals surface area contributed by atoms with Crippen molar-refractivity contribution in [1.82, 2.24) is 9.29 Å². The maximum absolute atomic E-state index is 13.5. The van der Waals surface area contributed by atoms with E-state index in [0.29, 0.717) is 6.42 Å². The Hall–Kier alpha value is -1.54. The van der Waals surface area contributed by atoms with E-state index in [0.717, 1.165) is 16.6 Å². The average molecular weight is 274 g/mol. The molecule has 1 aliphatic rings. The van der Waals surface area contributed by atoms with E-state index in [1.165, 1.54) is 6.07 Å². The van der Waals surface area contributed by atoms with Gasteiger partial charge in [0.1, 0.15) is 6.04 Å². The average Bonchev–Trinajstić information content (AvgIpc) is 2.78. The highest BCUT2D eigenvalue weighted by Gasteiger charge is 2.41. The first kappa shape index (κ1) is 12.9. The lowest BCUT2D eigenvalue weighted by Crippen LogP contribution is -2.40. The van der Waals surface area contributed by atoms with Crippen LogP contribution in [0.5, 0.6) is 0 Å². The number of aromatic nitrogens is 1. The fourth-order valence-electron chi connectivity index (χ4n) is 1.95. The summed E-state index contributed by atoms with van der Waals surface area (Å²) in [5.41, 5.74) is 0. The SMILES string of the molecule is O=C(O)[C@@H]1CCCN1S(=O)(=O)c1ncccc1F. The molecule has 98 valence electrons. The molecule has 0 spiro atoms. The normalized spacial score (nSPS) is 21.1. The van der Waals surface area contributed by atoms with Gasteiger partial charge in [0, 0.05) is 12.7 Å². The Bertz CT molecular complexity index is 575. The lowest BCUT2D eigenvalue weighted by molar-refractivity contribution is -0.140. The van der Waals surface area contributed by atoms with E-state index in [2.05, 4.69) is 4.98 Å². The van der Waals surface area contributed by atoms with Crippen LogP contribution >= 0.6 is 0 Å². The molecule has 1 atom stereocenters. The zero-order valence-corrected chi connectivity index (χ0v) is 10.1. The number of nitrogens with zero attached hydrogens (tertiary/aromatic N) is 2. The number of sulfonamides is 1. The van der Waals surface area contributed by atoms with Crippen molar-refractivity contribution in [3.63, 3.8) is 0 Å². The van der Waals surface area contributed by atoms with Gasteiger partial charge in [-0.1, -0.05) is 0 Å². The topological polar surface area (TPSA) is 87.6 Å². The summed E-state index contributed by atoms with van der Waals surface area (Å²) in [6.45, 7) is 0.0648. The van der Waals surface area contributed by atoms with Crippen LogP contribution in [0, 0.1) is 5.82 Å². The molecule has 6 nitrogen and oxygen atoms in total. The molecule has 0 bridgehead atoms. The maximum Gasteiger partial charge on any atom is 0.322 e. The smallest absolute Gasteiger partial charge is 0.322 e. The van der Waals surface area contributed by atoms with E-state index in [9.17, 15) is 17.6 Å². The largest absolute Gasteiger partial charge is 0.480 e. The van der Waals surface area contributed by atoms with E-state index in [1.54, 1.807) is 0 Å². The molecule has 0 saturated carbocycles. The first-order chi connectivity index (χ1) is 8.44. The predicted molar refractivity (Wildman–Crippen MR) is 58.7 cm³/mol. The number of aliphatic carboxylic acids is 1. The van der Waals surface area contributed by atoms with Crippen LogP contribution in [0.4, 0.5) is 4.39 Å². The molecule has 8 heteroatoms. The van der Waals surface area contributed by atoms with Gasteiger partial charge in [-0.15, -0.1) is 0 Å². The molecule has 1 saturated heterocycles. The van der Waals surface area contributed by atoms with Crippen molar-refractivity contribution in [2.45, 2.75) is 23.9 Å². The molecule has 18 heavy (non-hydrogen) atoms. The fourth-order valence-corrected chi connectivity index (χ4v) is 3.58. The molecule has 0 radical (unpaired) electrons. The Labute approximate surface area is 103 Å². The highest BCUT2D eigenvalue weighted by molar-refractivity contribution is 7.89. The van der Waals surface area contributed by atoms with Crippen LogP contribution in [0.25, 0.3) is 0 Å². The second kappa shape index (κ2) is 4.62. The summed E-state index contributed by atoms with van der Waals surface area (Å²) in [5.74, 6) is -2.21. The first-order valence-corrected chi connectivity index (χ1v) is 6.74. The number of hydrogen-bond donors (Lipinski definition) is 1. The Balaban J connectivity index is 2.43. The number of halogens is 1. The van der Waals surface area contributed by atoms with E-state index < -0.39 is 32.9 Å². The quantitative estimate of drug-likeness (QED) is 0.865. The fraction of sp³-hybridized carbons (Fsp3) is 0.400. The monoisotopic (exact) mass is 274 g/mol. The van der Waals surface area contributed by atoms with E-state index in [4.69, 9.17) is 5.11 Å². The molecule has 1 N–H and O–H groups in total. The molecule has 0 aromatic carbocycles. The summed E-state index contributed by atoms with van der Waals surface area (Å²) in [6.07, 6.45) is 1.81. The van der Waals surface area contributed by atoms with Crippen molar-refractivity contribution in [2.24, 2.45) is 0 Å². The number of carboxylic acid groups (broad SMARTS) is 1. The van der Waals surface area contributed by atoms with Crippen LogP contribution in [-0.4, -0.2) is 41.4 Å². The summed E-state index contributed by atoms with van der Waals surface area (Å²) < 4.78 is 38.5. The van der Waals surface area contributed by atoms with Crippen LogP contribution in [-0.2, 0) is 14.8 Å². The first-order valence-electron chi connectivity index (χ1n) is 5.30. The number of carboxylic acids is 1. The van der Waals surface area contributed by atoms with Crippen LogP contribution in [0.1, 0.15) is 12.8 Å². The number of rotatable bonds is 3. The van der Waals surface area contributed by atoms with E-state index in [-0.39, 0.29) is 13.0 Å². The molecule has 0 unspecified atom stereocenters. The van der Waals surface area contributed by atoms with Crippen molar-refractivity contribution in [1.29, 1.82) is 0 Å². The van der Waals surface area contributed by atoms with Crippen molar-refractivity contribution in [3.05, 3.63) is 24.1 Å². The predicted octanol–water partition coefficient (Wildman–Crippen LogP) is 0.458. The molecule has 1 aromatic heterocycles. The van der Waals surface area contributed by atoms with Crippen LogP contribution < -0.4 is 0 Å². The van der Waals surface area contributed by atoms with Gasteiger partial charge in [-0.2, -0.15) is 4.31 Å². The van der Waals surface area contributed by atoms with Crippen molar-refractivity contribution in [2.75, 3.05) is 6.54 Å². The molecule has 1 aromatic rings. The van der Waals surface area contributed by atoms with Gasteiger partial charge in [0.15, 0.2) is 5.82 Å². The van der Waals surface area contributed by atoms with Crippen LogP contribution in [0.2, 0.25) is 0 Å². The Morgan fingerprint density at radius 1 is 1.56 bits per heavy atom. The standard InChI is InChI=1S/C10H11FN2O4S/c11-7-3-1-5-12-9(7)18(16,17)13-6-2-4-8(13)10(14)15/h1,3,5,8H,2,4,6H2,(H,14,15)/t8-/m0/s1. The summed E-state index contributed by atoms with van der Waals surface area (Å²) in [5, 5.41) is 8.22. The third kappa shape index (κ3) is 2.08. The van der Waals surface area contributed by atoms with Crippen molar-refractivity contribution in [3.8, 4) is 0 Å².